The highest BCUT2D eigenvalue weighted by Gasteiger charge is 2.20. The van der Waals surface area contributed by atoms with Gasteiger partial charge in [0.05, 0.1) is 16.0 Å². The molecule has 114 valence electrons. The van der Waals surface area contributed by atoms with Gasteiger partial charge in [-0.2, -0.15) is 0 Å². The van der Waals surface area contributed by atoms with Gasteiger partial charge in [0.15, 0.2) is 0 Å². The summed E-state index contributed by atoms with van der Waals surface area (Å²) in [6.07, 6.45) is 0.501. The van der Waals surface area contributed by atoms with Gasteiger partial charge in [-0.1, -0.05) is 0 Å². The lowest BCUT2D eigenvalue weighted by molar-refractivity contribution is -0.128. The van der Waals surface area contributed by atoms with E-state index in [-0.39, 0.29) is 28.8 Å². The Bertz CT molecular complexity index is 766. The summed E-state index contributed by atoms with van der Waals surface area (Å²) in [4.78, 5) is 17.0. The van der Waals surface area contributed by atoms with Crippen molar-refractivity contribution in [3.8, 4) is 0 Å². The molecule has 0 aliphatic rings. The number of anilines is 1. The van der Waals surface area contributed by atoms with Crippen molar-refractivity contribution in [3.05, 3.63) is 18.2 Å². The van der Waals surface area contributed by atoms with Gasteiger partial charge in [-0.3, -0.25) is 4.79 Å². The van der Waals surface area contributed by atoms with Crippen LogP contribution >= 0.6 is 11.3 Å². The van der Waals surface area contributed by atoms with Crippen molar-refractivity contribution < 1.29 is 13.2 Å². The van der Waals surface area contributed by atoms with E-state index in [2.05, 4.69) is 4.98 Å². The first-order valence-corrected chi connectivity index (χ1v) is 8.85. The third-order valence-electron chi connectivity index (χ3n) is 2.96. The second kappa shape index (κ2) is 5.98. The van der Waals surface area contributed by atoms with Crippen LogP contribution in [0.25, 0.3) is 10.2 Å². The summed E-state index contributed by atoms with van der Waals surface area (Å²) in [5.41, 5.74) is 6.87. The Morgan fingerprint density at radius 2 is 2.10 bits per heavy atom. The maximum Gasteiger partial charge on any atom is 0.222 e. The van der Waals surface area contributed by atoms with Crippen molar-refractivity contribution in [2.24, 2.45) is 0 Å². The predicted octanol–water partition coefficient (Wildman–Crippen LogP) is 1.52. The third-order valence-corrected chi connectivity index (χ3v) is 6.24. The number of thiazole rings is 1. The highest BCUT2D eigenvalue weighted by atomic mass is 32.2. The van der Waals surface area contributed by atoms with E-state index in [9.17, 15) is 13.2 Å². The zero-order valence-corrected chi connectivity index (χ0v) is 13.5. The van der Waals surface area contributed by atoms with E-state index in [1.807, 2.05) is 0 Å². The molecule has 1 amide bonds. The average molecular weight is 327 g/mol. The number of aromatic nitrogens is 1. The van der Waals surface area contributed by atoms with Crippen LogP contribution in [0.1, 0.15) is 12.8 Å². The van der Waals surface area contributed by atoms with E-state index >= 15 is 0 Å². The van der Waals surface area contributed by atoms with E-state index in [4.69, 9.17) is 5.73 Å². The van der Waals surface area contributed by atoms with Crippen LogP contribution in [0.3, 0.4) is 0 Å². The van der Waals surface area contributed by atoms with Crippen LogP contribution in [0.5, 0.6) is 0 Å². The number of benzene rings is 1. The van der Waals surface area contributed by atoms with Crippen molar-refractivity contribution in [2.45, 2.75) is 17.2 Å². The Morgan fingerprint density at radius 3 is 2.76 bits per heavy atom. The summed E-state index contributed by atoms with van der Waals surface area (Å²) < 4.78 is 25.3. The lowest BCUT2D eigenvalue weighted by atomic mass is 10.3. The molecule has 0 aliphatic heterocycles. The van der Waals surface area contributed by atoms with E-state index in [1.54, 1.807) is 32.3 Å². The third kappa shape index (κ3) is 3.70. The maximum absolute atomic E-state index is 12.2. The van der Waals surface area contributed by atoms with Gasteiger partial charge >= 0.3 is 0 Å². The van der Waals surface area contributed by atoms with Crippen molar-refractivity contribution in [1.29, 1.82) is 0 Å². The quantitative estimate of drug-likeness (QED) is 0.840. The number of nitrogen functional groups attached to an aromatic ring is 1. The Labute approximate surface area is 127 Å². The summed E-state index contributed by atoms with van der Waals surface area (Å²) in [6.45, 7) is 0. The average Bonchev–Trinajstić information content (AvgIpc) is 2.82. The lowest BCUT2D eigenvalue weighted by Crippen LogP contribution is -2.22. The van der Waals surface area contributed by atoms with Crippen molar-refractivity contribution in [2.75, 3.05) is 25.6 Å². The first-order chi connectivity index (χ1) is 9.79. The molecule has 1 aromatic carbocycles. The monoisotopic (exact) mass is 327 g/mol. The predicted molar refractivity (Wildman–Crippen MR) is 84.0 cm³/mol. The molecule has 0 unspecified atom stereocenters. The fourth-order valence-corrected chi connectivity index (χ4v) is 4.49. The van der Waals surface area contributed by atoms with Crippen LogP contribution < -0.4 is 5.73 Å². The van der Waals surface area contributed by atoms with Crippen LogP contribution in [0.15, 0.2) is 22.5 Å². The second-order valence-electron chi connectivity index (χ2n) is 4.92. The van der Waals surface area contributed by atoms with E-state index in [0.29, 0.717) is 11.2 Å². The minimum Gasteiger partial charge on any atom is -0.399 e. The molecule has 0 atom stereocenters. The Balaban J connectivity index is 2.12. The highest BCUT2D eigenvalue weighted by Crippen LogP contribution is 2.28. The van der Waals surface area contributed by atoms with Gasteiger partial charge in [0.25, 0.3) is 0 Å². The molecule has 0 radical (unpaired) electrons. The lowest BCUT2D eigenvalue weighted by Gasteiger charge is -2.09. The molecule has 1 aromatic heterocycles. The van der Waals surface area contributed by atoms with Crippen LogP contribution in [0, 0.1) is 0 Å². The van der Waals surface area contributed by atoms with Gasteiger partial charge in [-0.05, 0) is 24.6 Å². The standard InChI is InChI=1S/C13H17N3O3S2/c1-16(2)12(17)4-3-7-21(18,19)13-15-10-6-5-9(14)8-11(10)20-13/h5-6,8H,3-4,7,14H2,1-2H3. The van der Waals surface area contributed by atoms with Gasteiger partial charge in [-0.15, -0.1) is 11.3 Å². The van der Waals surface area contributed by atoms with E-state index in [0.717, 1.165) is 16.0 Å². The molecule has 2 aromatic rings. The molecule has 0 spiro atoms. The molecule has 2 N–H and O–H groups in total. The summed E-state index contributed by atoms with van der Waals surface area (Å²) >= 11 is 1.11. The number of rotatable bonds is 5. The Hall–Kier alpha value is -1.67. The molecule has 6 nitrogen and oxygen atoms in total. The molecule has 1 heterocycles. The number of amides is 1. The fourth-order valence-electron chi connectivity index (χ4n) is 1.78. The smallest absolute Gasteiger partial charge is 0.222 e. The van der Waals surface area contributed by atoms with Crippen LogP contribution in [0.4, 0.5) is 5.69 Å². The van der Waals surface area contributed by atoms with Crippen molar-refractivity contribution in [3.63, 3.8) is 0 Å². The molecule has 0 saturated heterocycles. The number of carbonyl (C=O) groups is 1. The molecule has 2 rings (SSSR count). The van der Waals surface area contributed by atoms with Gasteiger partial charge in [-0.25, -0.2) is 13.4 Å². The summed E-state index contributed by atoms with van der Waals surface area (Å²) in [5, 5.41) is 0. The number of hydrogen-bond acceptors (Lipinski definition) is 6. The second-order valence-corrected chi connectivity index (χ2v) is 8.23. The van der Waals surface area contributed by atoms with Crippen molar-refractivity contribution in [1.82, 2.24) is 9.88 Å². The number of carbonyl (C=O) groups excluding carboxylic acids is 1. The molecule has 0 bridgehead atoms. The highest BCUT2D eigenvalue weighted by molar-refractivity contribution is 7.93. The van der Waals surface area contributed by atoms with Crippen LogP contribution in [-0.4, -0.2) is 44.1 Å². The minimum atomic E-state index is -3.46. The number of hydrogen-bond donors (Lipinski definition) is 1. The normalized spacial score (nSPS) is 11.7. The molecule has 21 heavy (non-hydrogen) atoms. The zero-order valence-electron chi connectivity index (χ0n) is 11.9. The fraction of sp³-hybridized carbons (Fsp3) is 0.385. The molecular formula is C13H17N3O3S2. The van der Waals surface area contributed by atoms with E-state index < -0.39 is 9.84 Å². The molecule has 0 aliphatic carbocycles. The Morgan fingerprint density at radius 1 is 1.38 bits per heavy atom. The van der Waals surface area contributed by atoms with E-state index in [1.165, 1.54) is 4.90 Å². The maximum atomic E-state index is 12.2. The van der Waals surface area contributed by atoms with Gasteiger partial charge in [0.1, 0.15) is 0 Å². The molecular weight excluding hydrogens is 310 g/mol. The van der Waals surface area contributed by atoms with Crippen LogP contribution in [-0.2, 0) is 14.6 Å². The van der Waals surface area contributed by atoms with Gasteiger partial charge in [0.2, 0.25) is 20.1 Å². The zero-order chi connectivity index (χ0) is 15.6. The first-order valence-electron chi connectivity index (χ1n) is 6.38. The minimum absolute atomic E-state index is 0.0812. The number of sulfone groups is 1. The van der Waals surface area contributed by atoms with Crippen molar-refractivity contribution >= 4 is 43.0 Å². The van der Waals surface area contributed by atoms with Crippen LogP contribution in [0.2, 0.25) is 0 Å². The molecule has 8 heteroatoms. The van der Waals surface area contributed by atoms with Gasteiger partial charge in [0, 0.05) is 26.2 Å². The SMILES string of the molecule is CN(C)C(=O)CCCS(=O)(=O)c1nc2ccc(N)cc2s1. The summed E-state index contributed by atoms with van der Waals surface area (Å²) in [7, 11) is -0.165. The Kier molecular flexibility index (Phi) is 4.48. The summed E-state index contributed by atoms with van der Waals surface area (Å²) in [5.74, 6) is -0.163. The number of fused-ring (bicyclic) bond motifs is 1. The first kappa shape index (κ1) is 15.7. The van der Waals surface area contributed by atoms with Gasteiger partial charge < -0.3 is 10.6 Å². The number of nitrogens with two attached hydrogens (primary N) is 1. The molecule has 0 saturated carbocycles. The summed E-state index contributed by atoms with van der Waals surface area (Å²) in [6, 6.07) is 5.10. The topological polar surface area (TPSA) is 93.4 Å². The molecule has 0 fully saturated rings. The number of nitrogens with zero attached hydrogens (tertiary/aromatic N) is 2. The largest absolute Gasteiger partial charge is 0.399 e.